The van der Waals surface area contributed by atoms with E-state index in [1.807, 2.05) is 12.1 Å². The number of phenolic OH excluding ortho intramolecular Hbond substituents is 1. The van der Waals surface area contributed by atoms with Crippen molar-refractivity contribution in [3.63, 3.8) is 0 Å². The highest BCUT2D eigenvalue weighted by Crippen LogP contribution is 2.41. The maximum Gasteiger partial charge on any atom is 0.330 e. The fourth-order valence-electron chi connectivity index (χ4n) is 5.78. The second-order valence-corrected chi connectivity index (χ2v) is 14.7. The number of nitrogens with one attached hydrogen (secondary N) is 4. The van der Waals surface area contributed by atoms with E-state index in [9.17, 15) is 24.3 Å². The van der Waals surface area contributed by atoms with Gasteiger partial charge in [-0.3, -0.25) is 14.4 Å². The summed E-state index contributed by atoms with van der Waals surface area (Å²) in [6, 6.07) is 4.76. The molecule has 1 aromatic carbocycles. The van der Waals surface area contributed by atoms with Gasteiger partial charge in [-0.15, -0.1) is 0 Å². The van der Waals surface area contributed by atoms with Crippen LogP contribution in [0.25, 0.3) is 0 Å². The fraction of sp³-hybridized carbons (Fsp3) is 0.655. The van der Waals surface area contributed by atoms with Crippen molar-refractivity contribution in [1.29, 1.82) is 0 Å². The van der Waals surface area contributed by atoms with Crippen LogP contribution in [0.4, 0.5) is 0 Å². The number of carbonyl (C=O) groups is 4. The van der Waals surface area contributed by atoms with Crippen LogP contribution in [-0.4, -0.2) is 77.1 Å². The molecule has 226 valence electrons. The van der Waals surface area contributed by atoms with E-state index in [-0.39, 0.29) is 35.1 Å². The summed E-state index contributed by atoms with van der Waals surface area (Å²) in [7, 11) is 2.73. The first-order valence-electron chi connectivity index (χ1n) is 14.4. The molecular formula is C29H42N4O6S2. The van der Waals surface area contributed by atoms with Crippen molar-refractivity contribution in [1.82, 2.24) is 21.3 Å². The number of rotatable bonds is 4. The minimum Gasteiger partial charge on any atom is -0.508 e. The van der Waals surface area contributed by atoms with Gasteiger partial charge in [0.15, 0.2) is 0 Å². The predicted octanol–water partition coefficient (Wildman–Crippen LogP) is 2.61. The van der Waals surface area contributed by atoms with Crippen LogP contribution < -0.4 is 21.3 Å². The van der Waals surface area contributed by atoms with Crippen LogP contribution in [0.5, 0.6) is 5.75 Å². The molecule has 3 fully saturated rings. The van der Waals surface area contributed by atoms with Crippen molar-refractivity contribution >= 4 is 45.3 Å². The number of hydrogen-bond donors (Lipinski definition) is 5. The SMILES string of the molecule is CC(C)(C)OC(=O)[C@@H]1CSSC[C@H](NC(=O)[C@H]2NCC[C@@H]2c2ccc(O)cc2)C(=O)NCCC2(CCCC2)C(=O)N1. The summed E-state index contributed by atoms with van der Waals surface area (Å²) in [5.74, 6) is -0.537. The molecule has 1 saturated carbocycles. The molecule has 4 atom stereocenters. The Kier molecular flexibility index (Phi) is 10.5. The average Bonchev–Trinajstić information content (AvgIpc) is 3.59. The molecule has 0 aromatic heterocycles. The van der Waals surface area contributed by atoms with E-state index < -0.39 is 35.1 Å². The van der Waals surface area contributed by atoms with Crippen molar-refractivity contribution < 1.29 is 29.0 Å². The van der Waals surface area contributed by atoms with Gasteiger partial charge in [-0.1, -0.05) is 46.6 Å². The standard InChI is InChI=1S/C29H42N4O6S2/c1-28(2,3)39-26(37)22-17-41-40-16-21(24(35)31-15-13-29(27(38)33-22)11-4-5-12-29)32-25(36)23-20(10-14-30-23)18-6-8-19(34)9-7-18/h6-9,20-23,30,34H,4-5,10-17H2,1-3H3,(H,31,35)(H,32,36)(H,33,38)/t20-,21+,22+,23+/m1/s1. The molecule has 10 nitrogen and oxygen atoms in total. The van der Waals surface area contributed by atoms with E-state index in [1.165, 1.54) is 21.6 Å². The number of benzene rings is 1. The normalized spacial score (nSPS) is 27.6. The Bertz CT molecular complexity index is 1100. The van der Waals surface area contributed by atoms with E-state index in [0.717, 1.165) is 24.8 Å². The maximum absolute atomic E-state index is 13.5. The number of hydrogen-bond acceptors (Lipinski definition) is 9. The van der Waals surface area contributed by atoms with Gasteiger partial charge in [-0.05, 0) is 70.7 Å². The first-order chi connectivity index (χ1) is 19.5. The smallest absolute Gasteiger partial charge is 0.330 e. The molecule has 2 saturated heterocycles. The summed E-state index contributed by atoms with van der Waals surface area (Å²) in [4.78, 5) is 53.2. The molecule has 5 N–H and O–H groups in total. The predicted molar refractivity (Wildman–Crippen MR) is 160 cm³/mol. The van der Waals surface area contributed by atoms with Crippen LogP contribution in [0.1, 0.15) is 70.8 Å². The van der Waals surface area contributed by atoms with Crippen molar-refractivity contribution in [2.45, 2.75) is 88.9 Å². The third kappa shape index (κ3) is 8.32. The number of aromatic hydroxyl groups is 1. The Labute approximate surface area is 249 Å². The highest BCUT2D eigenvalue weighted by atomic mass is 33.1. The van der Waals surface area contributed by atoms with E-state index in [0.29, 0.717) is 38.1 Å². The minimum absolute atomic E-state index is 0.0793. The van der Waals surface area contributed by atoms with Gasteiger partial charge < -0.3 is 31.1 Å². The zero-order valence-corrected chi connectivity index (χ0v) is 25.6. The molecule has 0 unspecified atom stereocenters. The highest BCUT2D eigenvalue weighted by molar-refractivity contribution is 8.76. The van der Waals surface area contributed by atoms with E-state index in [4.69, 9.17) is 4.74 Å². The fourth-order valence-corrected chi connectivity index (χ4v) is 8.09. The molecule has 12 heteroatoms. The lowest BCUT2D eigenvalue weighted by atomic mass is 9.81. The molecule has 1 aromatic rings. The summed E-state index contributed by atoms with van der Waals surface area (Å²) < 4.78 is 5.61. The van der Waals surface area contributed by atoms with Crippen LogP contribution in [-0.2, 0) is 23.9 Å². The number of amides is 3. The van der Waals surface area contributed by atoms with Gasteiger partial charge >= 0.3 is 5.97 Å². The van der Waals surface area contributed by atoms with Crippen molar-refractivity contribution in [2.75, 3.05) is 24.6 Å². The third-order valence-corrected chi connectivity index (χ3v) is 10.4. The maximum atomic E-state index is 13.5. The molecule has 41 heavy (non-hydrogen) atoms. The van der Waals surface area contributed by atoms with Crippen LogP contribution in [0.3, 0.4) is 0 Å². The zero-order chi connectivity index (χ0) is 29.6. The van der Waals surface area contributed by atoms with Crippen molar-refractivity contribution in [3.8, 4) is 5.75 Å². The van der Waals surface area contributed by atoms with Gasteiger partial charge in [0, 0.05) is 24.0 Å². The molecule has 4 rings (SSSR count). The largest absolute Gasteiger partial charge is 0.508 e. The number of ether oxygens (including phenoxy) is 1. The van der Waals surface area contributed by atoms with E-state index in [2.05, 4.69) is 21.3 Å². The number of carbonyl (C=O) groups excluding carboxylic acids is 4. The molecule has 0 bridgehead atoms. The highest BCUT2D eigenvalue weighted by Gasteiger charge is 2.43. The average molecular weight is 607 g/mol. The van der Waals surface area contributed by atoms with Gasteiger partial charge in [-0.2, -0.15) is 0 Å². The van der Waals surface area contributed by atoms with Gasteiger partial charge in [0.1, 0.15) is 23.4 Å². The van der Waals surface area contributed by atoms with Gasteiger partial charge in [-0.25, -0.2) is 4.79 Å². The Hall–Kier alpha value is -2.44. The molecule has 2 heterocycles. The van der Waals surface area contributed by atoms with Gasteiger partial charge in [0.2, 0.25) is 17.7 Å². The van der Waals surface area contributed by atoms with E-state index >= 15 is 0 Å². The Morgan fingerprint density at radius 2 is 1.71 bits per heavy atom. The van der Waals surface area contributed by atoms with Gasteiger partial charge in [0.25, 0.3) is 0 Å². The lowest BCUT2D eigenvalue weighted by molar-refractivity contribution is -0.158. The summed E-state index contributed by atoms with van der Waals surface area (Å²) in [6.07, 6.45) is 4.45. The third-order valence-electron chi connectivity index (χ3n) is 7.95. The quantitative estimate of drug-likeness (QED) is 0.258. The van der Waals surface area contributed by atoms with Gasteiger partial charge in [0.05, 0.1) is 11.5 Å². The molecule has 1 aliphatic carbocycles. The van der Waals surface area contributed by atoms with Crippen molar-refractivity contribution in [3.05, 3.63) is 29.8 Å². The molecular weight excluding hydrogens is 564 g/mol. The first kappa shape index (κ1) is 31.5. The number of phenols is 1. The molecule has 3 amide bonds. The lowest BCUT2D eigenvalue weighted by Crippen LogP contribution is -2.54. The van der Waals surface area contributed by atoms with Crippen LogP contribution in [0.15, 0.2) is 24.3 Å². The Morgan fingerprint density at radius 1 is 1.02 bits per heavy atom. The topological polar surface area (TPSA) is 146 Å². The summed E-state index contributed by atoms with van der Waals surface area (Å²) in [6.45, 7) is 6.35. The molecule has 3 aliphatic rings. The summed E-state index contributed by atoms with van der Waals surface area (Å²) in [5.41, 5.74) is -0.392. The van der Waals surface area contributed by atoms with Crippen LogP contribution >= 0.6 is 21.6 Å². The van der Waals surface area contributed by atoms with E-state index in [1.54, 1.807) is 32.9 Å². The van der Waals surface area contributed by atoms with Crippen LogP contribution in [0.2, 0.25) is 0 Å². The Morgan fingerprint density at radius 3 is 2.39 bits per heavy atom. The zero-order valence-electron chi connectivity index (χ0n) is 24.0. The second kappa shape index (κ2) is 13.7. The Balaban J connectivity index is 1.47. The number of esters is 1. The monoisotopic (exact) mass is 606 g/mol. The van der Waals surface area contributed by atoms with Crippen LogP contribution in [0, 0.1) is 5.41 Å². The molecule has 2 aliphatic heterocycles. The second-order valence-electron chi connectivity index (χ2n) is 12.1. The molecule has 1 spiro atoms. The van der Waals surface area contributed by atoms with Crippen molar-refractivity contribution in [2.24, 2.45) is 5.41 Å². The minimum atomic E-state index is -0.817. The molecule has 0 radical (unpaired) electrons. The summed E-state index contributed by atoms with van der Waals surface area (Å²) >= 11 is 0. The summed E-state index contributed by atoms with van der Waals surface area (Å²) in [5, 5.41) is 21.8. The lowest BCUT2D eigenvalue weighted by Gasteiger charge is -2.31. The first-order valence-corrected chi connectivity index (χ1v) is 16.8.